The van der Waals surface area contributed by atoms with Crippen molar-refractivity contribution in [3.05, 3.63) is 228 Å². The van der Waals surface area contributed by atoms with Crippen LogP contribution in [0, 0.1) is 27.7 Å². The summed E-state index contributed by atoms with van der Waals surface area (Å²) in [6, 6.07) is 73.6. The standard InChI is InChI=1S/C70H70N2/c1-7-9-11-13-19-53-27-31-55(32-28-53)57-35-41-59(42-36-57)71(61-39-25-49(3)51(5)45-61)69-47-67-64-22-16-18-24-66(64)70(48-68(67)63-21-15-17-23-65(63)69)72(62-40-26-50(4)52(6)46-62)60-43-37-58(38-44-60)56-33-29-54(30-34-56)20-14-12-10-8-2/h15-18,21-48H,7-14,19-20H2,1-6H3. The number of nitrogens with zero attached hydrogens (tertiary/aromatic N) is 2. The molecule has 0 aliphatic carbocycles. The molecule has 0 atom stereocenters. The molecule has 0 heterocycles. The number of rotatable bonds is 18. The second kappa shape index (κ2) is 21.9. The molecule has 72 heavy (non-hydrogen) atoms. The first-order valence-electron chi connectivity index (χ1n) is 26.8. The van der Waals surface area contributed by atoms with Crippen molar-refractivity contribution in [2.24, 2.45) is 0 Å². The zero-order valence-corrected chi connectivity index (χ0v) is 43.4. The molecule has 0 aromatic heterocycles. The molecule has 0 aliphatic heterocycles. The van der Waals surface area contributed by atoms with E-state index in [1.54, 1.807) is 0 Å². The number of benzene rings is 10. The Kier molecular flexibility index (Phi) is 14.7. The minimum atomic E-state index is 1.13. The average Bonchev–Trinajstić information content (AvgIpc) is 3.42. The van der Waals surface area contributed by atoms with Crippen LogP contribution in [0.25, 0.3) is 54.6 Å². The van der Waals surface area contributed by atoms with Gasteiger partial charge in [0.25, 0.3) is 0 Å². The number of aryl methyl sites for hydroxylation is 6. The molecule has 10 aromatic carbocycles. The van der Waals surface area contributed by atoms with Crippen molar-refractivity contribution in [2.45, 2.75) is 106 Å². The van der Waals surface area contributed by atoms with Gasteiger partial charge in [0.15, 0.2) is 0 Å². The lowest BCUT2D eigenvalue weighted by molar-refractivity contribution is 0.667. The Morgan fingerprint density at radius 1 is 0.278 bits per heavy atom. The van der Waals surface area contributed by atoms with Crippen molar-refractivity contribution >= 4 is 66.4 Å². The summed E-state index contributed by atoms with van der Waals surface area (Å²) in [5.41, 5.74) is 19.8. The van der Waals surface area contributed by atoms with E-state index in [1.807, 2.05) is 0 Å². The van der Waals surface area contributed by atoms with Gasteiger partial charge in [-0.05, 0) is 191 Å². The molecule has 0 bridgehead atoms. The number of hydrogen-bond donors (Lipinski definition) is 0. The predicted molar refractivity (Wildman–Crippen MR) is 314 cm³/mol. The largest absolute Gasteiger partial charge is 0.310 e. The summed E-state index contributed by atoms with van der Waals surface area (Å²) in [6.45, 7) is 13.4. The molecular weight excluding hydrogens is 869 g/mol. The van der Waals surface area contributed by atoms with E-state index in [1.165, 1.54) is 139 Å². The van der Waals surface area contributed by atoms with Gasteiger partial charge in [-0.1, -0.05) is 186 Å². The summed E-state index contributed by atoms with van der Waals surface area (Å²) in [7, 11) is 0. The van der Waals surface area contributed by atoms with E-state index in [-0.39, 0.29) is 0 Å². The summed E-state index contributed by atoms with van der Waals surface area (Å²) in [6.07, 6.45) is 12.6. The lowest BCUT2D eigenvalue weighted by Gasteiger charge is -2.30. The van der Waals surface area contributed by atoms with Crippen LogP contribution in [0.1, 0.15) is 98.6 Å². The first kappa shape index (κ1) is 48.2. The molecule has 360 valence electrons. The molecule has 0 spiro atoms. The molecule has 0 N–H and O–H groups in total. The highest BCUT2D eigenvalue weighted by Crippen LogP contribution is 2.48. The van der Waals surface area contributed by atoms with E-state index in [0.717, 1.165) is 47.0 Å². The second-order valence-electron chi connectivity index (χ2n) is 20.3. The Bertz CT molecular complexity index is 3220. The fourth-order valence-electron chi connectivity index (χ4n) is 10.7. The Hall–Kier alpha value is -7.42. The van der Waals surface area contributed by atoms with Crippen LogP contribution >= 0.6 is 0 Å². The van der Waals surface area contributed by atoms with Crippen LogP contribution < -0.4 is 9.80 Å². The zero-order chi connectivity index (χ0) is 49.6. The molecule has 0 fully saturated rings. The second-order valence-corrected chi connectivity index (χ2v) is 20.3. The van der Waals surface area contributed by atoms with Crippen molar-refractivity contribution in [1.29, 1.82) is 0 Å². The Balaban J connectivity index is 1.09. The fraction of sp³-hybridized carbons (Fsp3) is 0.229. The third-order valence-corrected chi connectivity index (χ3v) is 15.3. The van der Waals surface area contributed by atoms with Crippen LogP contribution in [0.15, 0.2) is 194 Å². The fourth-order valence-corrected chi connectivity index (χ4v) is 10.7. The van der Waals surface area contributed by atoms with E-state index >= 15 is 0 Å². The quantitative estimate of drug-likeness (QED) is 0.0625. The van der Waals surface area contributed by atoms with Crippen molar-refractivity contribution in [3.63, 3.8) is 0 Å². The van der Waals surface area contributed by atoms with Crippen LogP contribution in [0.4, 0.5) is 34.1 Å². The maximum atomic E-state index is 2.48. The third-order valence-electron chi connectivity index (χ3n) is 15.3. The Morgan fingerprint density at radius 3 is 0.958 bits per heavy atom. The molecule has 0 aliphatic rings. The van der Waals surface area contributed by atoms with Crippen LogP contribution in [0.5, 0.6) is 0 Å². The van der Waals surface area contributed by atoms with Gasteiger partial charge < -0.3 is 9.80 Å². The van der Waals surface area contributed by atoms with Crippen LogP contribution in [-0.4, -0.2) is 0 Å². The van der Waals surface area contributed by atoms with E-state index in [9.17, 15) is 0 Å². The van der Waals surface area contributed by atoms with E-state index in [0.29, 0.717) is 0 Å². The minimum absolute atomic E-state index is 1.13. The molecule has 2 nitrogen and oxygen atoms in total. The summed E-state index contributed by atoms with van der Waals surface area (Å²) in [4.78, 5) is 4.95. The van der Waals surface area contributed by atoms with Gasteiger partial charge in [-0.15, -0.1) is 0 Å². The molecule has 10 aromatic rings. The predicted octanol–water partition coefficient (Wildman–Crippen LogP) is 20.9. The maximum Gasteiger partial charge on any atom is 0.0546 e. The smallest absolute Gasteiger partial charge is 0.0546 e. The third kappa shape index (κ3) is 10.2. The van der Waals surface area contributed by atoms with Crippen LogP contribution in [0.3, 0.4) is 0 Å². The Morgan fingerprint density at radius 2 is 0.611 bits per heavy atom. The first-order valence-corrected chi connectivity index (χ1v) is 26.8. The van der Waals surface area contributed by atoms with Gasteiger partial charge in [0.05, 0.1) is 11.4 Å². The van der Waals surface area contributed by atoms with Gasteiger partial charge in [0, 0.05) is 33.5 Å². The number of fused-ring (bicyclic) bond motifs is 5. The maximum absolute atomic E-state index is 2.48. The van der Waals surface area contributed by atoms with Crippen LogP contribution in [0.2, 0.25) is 0 Å². The monoisotopic (exact) mass is 939 g/mol. The topological polar surface area (TPSA) is 6.48 Å². The highest BCUT2D eigenvalue weighted by molar-refractivity contribution is 6.24. The summed E-state index contributed by atoms with van der Waals surface area (Å²) >= 11 is 0. The highest BCUT2D eigenvalue weighted by Gasteiger charge is 2.23. The van der Waals surface area contributed by atoms with E-state index < -0.39 is 0 Å². The van der Waals surface area contributed by atoms with Gasteiger partial charge in [-0.3, -0.25) is 0 Å². The number of hydrogen-bond acceptors (Lipinski definition) is 2. The van der Waals surface area contributed by atoms with Gasteiger partial charge in [-0.2, -0.15) is 0 Å². The SMILES string of the molecule is CCCCCCc1ccc(-c2ccc(N(c3ccc(C)c(C)c3)c3cc4c5ccccc5c(N(c5ccc(-c6ccc(CCCCCC)cc6)cc5)c5ccc(C)c(C)c5)cc4c4ccccc34)cc2)cc1. The van der Waals surface area contributed by atoms with E-state index in [4.69, 9.17) is 0 Å². The molecule has 10 rings (SSSR count). The van der Waals surface area contributed by atoms with Crippen LogP contribution in [-0.2, 0) is 12.8 Å². The van der Waals surface area contributed by atoms with Gasteiger partial charge >= 0.3 is 0 Å². The highest BCUT2D eigenvalue weighted by atomic mass is 15.2. The summed E-state index contributed by atoms with van der Waals surface area (Å²) in [5, 5.41) is 7.32. The molecule has 0 amide bonds. The van der Waals surface area contributed by atoms with Crippen molar-refractivity contribution in [2.75, 3.05) is 9.80 Å². The van der Waals surface area contributed by atoms with Crippen molar-refractivity contribution in [1.82, 2.24) is 0 Å². The van der Waals surface area contributed by atoms with Crippen molar-refractivity contribution < 1.29 is 0 Å². The summed E-state index contributed by atoms with van der Waals surface area (Å²) < 4.78 is 0. The van der Waals surface area contributed by atoms with Crippen molar-refractivity contribution in [3.8, 4) is 22.3 Å². The molecule has 0 saturated heterocycles. The average molecular weight is 939 g/mol. The minimum Gasteiger partial charge on any atom is -0.310 e. The van der Waals surface area contributed by atoms with Gasteiger partial charge in [0.2, 0.25) is 0 Å². The normalized spacial score (nSPS) is 11.5. The zero-order valence-electron chi connectivity index (χ0n) is 43.4. The number of unbranched alkanes of at least 4 members (excludes halogenated alkanes) is 6. The van der Waals surface area contributed by atoms with E-state index in [2.05, 4.69) is 245 Å². The molecule has 0 unspecified atom stereocenters. The van der Waals surface area contributed by atoms with Gasteiger partial charge in [0.1, 0.15) is 0 Å². The molecular formula is C70H70N2. The Labute approximate surface area is 429 Å². The van der Waals surface area contributed by atoms with Gasteiger partial charge in [-0.25, -0.2) is 0 Å². The number of anilines is 6. The molecule has 0 saturated carbocycles. The molecule has 2 heteroatoms. The lowest BCUT2D eigenvalue weighted by atomic mass is 9.93. The molecule has 0 radical (unpaired) electrons. The first-order chi connectivity index (χ1) is 35.3. The lowest BCUT2D eigenvalue weighted by Crippen LogP contribution is -2.12. The summed E-state index contributed by atoms with van der Waals surface area (Å²) in [5.74, 6) is 0.